The molecule has 0 amide bonds. The third-order valence-electron chi connectivity index (χ3n) is 2.28. The Hall–Kier alpha value is 0.160. The van der Waals surface area contributed by atoms with Gasteiger partial charge in [0.25, 0.3) is 0 Å². The minimum atomic E-state index is -3.01. The van der Waals surface area contributed by atoms with Crippen molar-refractivity contribution in [2.45, 2.75) is 32.2 Å². The molecule has 1 aliphatic heterocycles. The second kappa shape index (κ2) is 5.90. The lowest BCUT2D eigenvalue weighted by Gasteiger charge is -2.29. The van der Waals surface area contributed by atoms with E-state index in [2.05, 4.69) is 0 Å². The lowest BCUT2D eigenvalue weighted by molar-refractivity contribution is 0.316. The third kappa shape index (κ3) is 3.73. The number of piperidine rings is 1. The largest absolute Gasteiger partial charge is 0.327 e. The molecule has 4 nitrogen and oxygen atoms in total. The van der Waals surface area contributed by atoms with Crippen LogP contribution in [0.4, 0.5) is 0 Å². The molecule has 14 heavy (non-hydrogen) atoms. The van der Waals surface area contributed by atoms with E-state index in [-0.39, 0.29) is 24.2 Å². The summed E-state index contributed by atoms with van der Waals surface area (Å²) in [5.41, 5.74) is 5.71. The summed E-state index contributed by atoms with van der Waals surface area (Å²) in [6.45, 7) is 3.03. The predicted molar refractivity (Wildman–Crippen MR) is 60.1 cm³/mol. The fourth-order valence-corrected chi connectivity index (χ4v) is 3.21. The van der Waals surface area contributed by atoms with E-state index in [0.717, 1.165) is 12.8 Å². The first-order chi connectivity index (χ1) is 6.06. The van der Waals surface area contributed by atoms with Crippen molar-refractivity contribution >= 4 is 22.4 Å². The van der Waals surface area contributed by atoms with Gasteiger partial charge in [0.2, 0.25) is 10.0 Å². The zero-order valence-electron chi connectivity index (χ0n) is 8.48. The zero-order chi connectivity index (χ0) is 9.90. The van der Waals surface area contributed by atoms with Crippen molar-refractivity contribution in [3.63, 3.8) is 0 Å². The van der Waals surface area contributed by atoms with Gasteiger partial charge in [0, 0.05) is 19.1 Å². The maximum atomic E-state index is 11.6. The van der Waals surface area contributed by atoms with Crippen molar-refractivity contribution in [2.75, 3.05) is 18.8 Å². The third-order valence-corrected chi connectivity index (χ3v) is 4.32. The molecule has 0 saturated carbocycles. The van der Waals surface area contributed by atoms with Gasteiger partial charge in [-0.3, -0.25) is 0 Å². The number of nitrogens with two attached hydrogens (primary N) is 1. The molecular weight excluding hydrogens is 224 g/mol. The highest BCUT2D eigenvalue weighted by Crippen LogP contribution is 2.13. The molecule has 0 spiro atoms. The van der Waals surface area contributed by atoms with Crippen molar-refractivity contribution in [2.24, 2.45) is 5.73 Å². The summed E-state index contributed by atoms with van der Waals surface area (Å²) in [5, 5.41) is 0. The van der Waals surface area contributed by atoms with Crippen LogP contribution in [0.1, 0.15) is 26.2 Å². The molecule has 1 rings (SSSR count). The van der Waals surface area contributed by atoms with Gasteiger partial charge in [-0.25, -0.2) is 12.7 Å². The summed E-state index contributed by atoms with van der Waals surface area (Å²) in [6, 6.07) is 0.0281. The number of hydrogen-bond acceptors (Lipinski definition) is 3. The van der Waals surface area contributed by atoms with E-state index < -0.39 is 10.0 Å². The van der Waals surface area contributed by atoms with Gasteiger partial charge < -0.3 is 5.73 Å². The lowest BCUT2D eigenvalue weighted by Crippen LogP contribution is -2.46. The number of halogens is 1. The molecule has 2 N–H and O–H groups in total. The molecule has 6 heteroatoms. The van der Waals surface area contributed by atoms with E-state index in [9.17, 15) is 8.42 Å². The van der Waals surface area contributed by atoms with Gasteiger partial charge in [-0.1, -0.05) is 6.92 Å². The van der Waals surface area contributed by atoms with Crippen LogP contribution in [0, 0.1) is 0 Å². The van der Waals surface area contributed by atoms with E-state index in [1.165, 1.54) is 4.31 Å². The van der Waals surface area contributed by atoms with Crippen LogP contribution in [0.2, 0.25) is 0 Å². The van der Waals surface area contributed by atoms with Crippen LogP contribution in [0.15, 0.2) is 0 Å². The van der Waals surface area contributed by atoms with Crippen LogP contribution in [0.3, 0.4) is 0 Å². The molecule has 1 fully saturated rings. The predicted octanol–water partition coefficient (Wildman–Crippen LogP) is 0.571. The van der Waals surface area contributed by atoms with Gasteiger partial charge in [-0.2, -0.15) is 0 Å². The van der Waals surface area contributed by atoms with Gasteiger partial charge in [0.05, 0.1) is 5.75 Å². The molecular formula is C8H19ClN2O2S. The SMILES string of the molecule is CCCS(=O)(=O)N1CCC[C@@H](N)C1.Cl. The standard InChI is InChI=1S/C8H18N2O2S.ClH/c1-2-6-13(11,12)10-5-3-4-8(9)7-10;/h8H,2-7,9H2,1H3;1H/t8-;/m1./s1. The van der Waals surface area contributed by atoms with Crippen LogP contribution in [-0.2, 0) is 10.0 Å². The summed E-state index contributed by atoms with van der Waals surface area (Å²) < 4.78 is 24.7. The van der Waals surface area contributed by atoms with Gasteiger partial charge in [-0.15, -0.1) is 12.4 Å². The average molecular weight is 243 g/mol. The fraction of sp³-hybridized carbons (Fsp3) is 1.00. The van der Waals surface area contributed by atoms with Gasteiger partial charge in [0.1, 0.15) is 0 Å². The Kier molecular flexibility index (Phi) is 5.97. The Balaban J connectivity index is 0.00000169. The summed E-state index contributed by atoms with van der Waals surface area (Å²) >= 11 is 0. The molecule has 1 atom stereocenters. The highest BCUT2D eigenvalue weighted by Gasteiger charge is 2.26. The number of sulfonamides is 1. The number of nitrogens with zero attached hydrogens (tertiary/aromatic N) is 1. The zero-order valence-corrected chi connectivity index (χ0v) is 10.1. The topological polar surface area (TPSA) is 63.4 Å². The first-order valence-corrected chi connectivity index (χ1v) is 6.40. The average Bonchev–Trinajstić information content (AvgIpc) is 2.04. The monoisotopic (exact) mass is 242 g/mol. The van der Waals surface area contributed by atoms with Crippen LogP contribution in [-0.4, -0.2) is 37.6 Å². The quantitative estimate of drug-likeness (QED) is 0.787. The smallest absolute Gasteiger partial charge is 0.214 e. The van der Waals surface area contributed by atoms with Crippen LogP contribution < -0.4 is 5.73 Å². The van der Waals surface area contributed by atoms with E-state index in [1.54, 1.807) is 0 Å². The Labute approximate surface area is 92.3 Å². The summed E-state index contributed by atoms with van der Waals surface area (Å²) in [6.07, 6.45) is 2.51. The molecule has 0 radical (unpaired) electrons. The lowest BCUT2D eigenvalue weighted by atomic mass is 10.1. The second-order valence-corrected chi connectivity index (χ2v) is 5.66. The van der Waals surface area contributed by atoms with E-state index >= 15 is 0 Å². The molecule has 0 bridgehead atoms. The van der Waals surface area contributed by atoms with Gasteiger partial charge >= 0.3 is 0 Å². The molecule has 0 unspecified atom stereocenters. The van der Waals surface area contributed by atoms with Gasteiger partial charge in [-0.05, 0) is 19.3 Å². The first kappa shape index (κ1) is 14.2. The van der Waals surface area contributed by atoms with Gasteiger partial charge in [0.15, 0.2) is 0 Å². The second-order valence-electron chi connectivity index (χ2n) is 3.58. The molecule has 0 aromatic carbocycles. The minimum absolute atomic E-state index is 0. The minimum Gasteiger partial charge on any atom is -0.327 e. The molecule has 1 aliphatic rings. The van der Waals surface area contributed by atoms with Crippen molar-refractivity contribution in [3.8, 4) is 0 Å². The maximum Gasteiger partial charge on any atom is 0.214 e. The molecule has 1 saturated heterocycles. The van der Waals surface area contributed by atoms with Crippen molar-refractivity contribution in [1.29, 1.82) is 0 Å². The number of rotatable bonds is 3. The summed E-state index contributed by atoms with van der Waals surface area (Å²) in [7, 11) is -3.01. The molecule has 1 heterocycles. The fourth-order valence-electron chi connectivity index (χ4n) is 1.61. The Morgan fingerprint density at radius 1 is 1.50 bits per heavy atom. The maximum absolute atomic E-state index is 11.6. The van der Waals surface area contributed by atoms with Crippen LogP contribution in [0.25, 0.3) is 0 Å². The summed E-state index contributed by atoms with van der Waals surface area (Å²) in [4.78, 5) is 0. The van der Waals surface area contributed by atoms with E-state index in [4.69, 9.17) is 5.73 Å². The van der Waals surface area contributed by atoms with Crippen LogP contribution in [0.5, 0.6) is 0 Å². The summed E-state index contributed by atoms with van der Waals surface area (Å²) in [5.74, 6) is 0.250. The molecule has 0 aromatic heterocycles. The molecule has 0 aliphatic carbocycles. The van der Waals surface area contributed by atoms with Crippen molar-refractivity contribution in [1.82, 2.24) is 4.31 Å². The van der Waals surface area contributed by atoms with Crippen molar-refractivity contribution < 1.29 is 8.42 Å². The Morgan fingerprint density at radius 3 is 2.64 bits per heavy atom. The normalized spacial score (nSPS) is 24.3. The van der Waals surface area contributed by atoms with Crippen molar-refractivity contribution in [3.05, 3.63) is 0 Å². The highest BCUT2D eigenvalue weighted by molar-refractivity contribution is 7.89. The Morgan fingerprint density at radius 2 is 2.14 bits per heavy atom. The Bertz CT molecular complexity index is 256. The van der Waals surface area contributed by atoms with E-state index in [1.807, 2.05) is 6.92 Å². The molecule has 0 aromatic rings. The van der Waals surface area contributed by atoms with Crippen LogP contribution >= 0.6 is 12.4 Å². The van der Waals surface area contributed by atoms with E-state index in [0.29, 0.717) is 19.5 Å². The molecule has 86 valence electrons. The first-order valence-electron chi connectivity index (χ1n) is 4.79. The highest BCUT2D eigenvalue weighted by atomic mass is 35.5. The number of hydrogen-bond donors (Lipinski definition) is 1.